The van der Waals surface area contributed by atoms with Crippen molar-refractivity contribution in [2.45, 2.75) is 33.6 Å². The van der Waals surface area contributed by atoms with Gasteiger partial charge in [-0.2, -0.15) is 0 Å². The molecule has 0 aliphatic heterocycles. The van der Waals surface area contributed by atoms with Gasteiger partial charge in [-0.05, 0) is 44.0 Å². The van der Waals surface area contributed by atoms with Crippen molar-refractivity contribution in [2.75, 3.05) is 13.1 Å². The highest BCUT2D eigenvalue weighted by Gasteiger charge is 2.07. The highest BCUT2D eigenvalue weighted by atomic mass is 16.4. The summed E-state index contributed by atoms with van der Waals surface area (Å²) in [6.07, 6.45) is 3.81. The van der Waals surface area contributed by atoms with Crippen LogP contribution in [-0.4, -0.2) is 18.1 Å². The molecule has 2 rings (SSSR count). The molecule has 102 valence electrons. The summed E-state index contributed by atoms with van der Waals surface area (Å²) in [5, 5.41) is 3.35. The number of benzene rings is 1. The van der Waals surface area contributed by atoms with Gasteiger partial charge in [0, 0.05) is 18.5 Å². The van der Waals surface area contributed by atoms with E-state index in [1.54, 1.807) is 0 Å². The molecular weight excluding hydrogens is 236 g/mol. The molecule has 1 heterocycles. The molecule has 0 aliphatic carbocycles. The van der Waals surface area contributed by atoms with Gasteiger partial charge in [0.25, 0.3) is 0 Å². The van der Waals surface area contributed by atoms with Crippen molar-refractivity contribution in [3.63, 3.8) is 0 Å². The zero-order valence-electron chi connectivity index (χ0n) is 12.0. The highest BCUT2D eigenvalue weighted by molar-refractivity contribution is 5.58. The molecule has 3 nitrogen and oxygen atoms in total. The van der Waals surface area contributed by atoms with Crippen LogP contribution < -0.4 is 5.32 Å². The van der Waals surface area contributed by atoms with E-state index in [0.717, 1.165) is 43.1 Å². The van der Waals surface area contributed by atoms with Gasteiger partial charge < -0.3 is 9.73 Å². The summed E-state index contributed by atoms with van der Waals surface area (Å²) in [6, 6.07) is 6.35. The van der Waals surface area contributed by atoms with Crippen LogP contribution in [0.4, 0.5) is 0 Å². The van der Waals surface area contributed by atoms with E-state index in [0.29, 0.717) is 0 Å². The zero-order valence-corrected chi connectivity index (χ0v) is 12.0. The number of nitrogens with one attached hydrogen (secondary N) is 1. The first-order valence-corrected chi connectivity index (χ1v) is 6.93. The van der Waals surface area contributed by atoms with Crippen molar-refractivity contribution in [3.05, 3.63) is 41.4 Å². The largest absolute Gasteiger partial charge is 0.441 e. The molecule has 1 N–H and O–H groups in total. The molecule has 3 heteroatoms. The monoisotopic (exact) mass is 258 g/mol. The van der Waals surface area contributed by atoms with Crippen molar-refractivity contribution >= 4 is 0 Å². The molecule has 1 aromatic carbocycles. The second kappa shape index (κ2) is 6.53. The van der Waals surface area contributed by atoms with E-state index in [9.17, 15) is 0 Å². The first-order chi connectivity index (χ1) is 9.20. The second-order valence-electron chi connectivity index (χ2n) is 4.92. The molecule has 0 fully saturated rings. The number of hydrogen-bond donors (Lipinski definition) is 1. The zero-order chi connectivity index (χ0) is 13.7. The lowest BCUT2D eigenvalue weighted by molar-refractivity contribution is 0.495. The van der Waals surface area contributed by atoms with Gasteiger partial charge >= 0.3 is 0 Å². The van der Waals surface area contributed by atoms with Crippen LogP contribution in [-0.2, 0) is 6.42 Å². The Morgan fingerprint density at radius 1 is 1.16 bits per heavy atom. The fourth-order valence-electron chi connectivity index (χ4n) is 1.95. The Labute approximate surface area is 115 Å². The van der Waals surface area contributed by atoms with Gasteiger partial charge in [0.15, 0.2) is 11.7 Å². The predicted molar refractivity (Wildman–Crippen MR) is 78.3 cm³/mol. The van der Waals surface area contributed by atoms with E-state index in [4.69, 9.17) is 4.42 Å². The summed E-state index contributed by atoms with van der Waals surface area (Å²) in [7, 11) is 0. The maximum atomic E-state index is 5.79. The van der Waals surface area contributed by atoms with Gasteiger partial charge in [0.2, 0.25) is 0 Å². The third kappa shape index (κ3) is 3.67. The average molecular weight is 258 g/mol. The summed E-state index contributed by atoms with van der Waals surface area (Å²) in [6.45, 7) is 8.36. The van der Waals surface area contributed by atoms with Gasteiger partial charge in [-0.3, -0.25) is 0 Å². The molecule has 0 saturated carbocycles. The normalized spacial score (nSPS) is 10.9. The van der Waals surface area contributed by atoms with Crippen molar-refractivity contribution in [2.24, 2.45) is 0 Å². The smallest absolute Gasteiger partial charge is 0.196 e. The van der Waals surface area contributed by atoms with Gasteiger partial charge in [0.05, 0.1) is 6.20 Å². The quantitative estimate of drug-likeness (QED) is 0.806. The molecule has 19 heavy (non-hydrogen) atoms. The Kier molecular flexibility index (Phi) is 4.74. The van der Waals surface area contributed by atoms with Crippen molar-refractivity contribution in [1.82, 2.24) is 10.3 Å². The Morgan fingerprint density at radius 2 is 2.00 bits per heavy atom. The Hall–Kier alpha value is -1.61. The highest BCUT2D eigenvalue weighted by Crippen LogP contribution is 2.22. The molecule has 2 aromatic rings. The van der Waals surface area contributed by atoms with E-state index in [-0.39, 0.29) is 0 Å². The van der Waals surface area contributed by atoms with Crippen LogP contribution in [0, 0.1) is 13.8 Å². The molecule has 0 aliphatic rings. The molecule has 0 spiro atoms. The summed E-state index contributed by atoms with van der Waals surface area (Å²) in [4.78, 5) is 4.34. The van der Waals surface area contributed by atoms with Crippen LogP contribution in [0.1, 0.15) is 30.4 Å². The first kappa shape index (κ1) is 13.8. The molecule has 0 unspecified atom stereocenters. The number of oxazole rings is 1. The fourth-order valence-corrected chi connectivity index (χ4v) is 1.95. The molecule has 0 saturated heterocycles. The molecule has 1 aromatic heterocycles. The molecule has 0 bridgehead atoms. The van der Waals surface area contributed by atoms with Crippen LogP contribution in [0.2, 0.25) is 0 Å². The molecular formula is C16H22N2O. The van der Waals surface area contributed by atoms with E-state index in [2.05, 4.69) is 49.3 Å². The van der Waals surface area contributed by atoms with E-state index in [1.807, 2.05) is 6.20 Å². The van der Waals surface area contributed by atoms with E-state index < -0.39 is 0 Å². The summed E-state index contributed by atoms with van der Waals surface area (Å²) >= 11 is 0. The van der Waals surface area contributed by atoms with E-state index in [1.165, 1.54) is 11.1 Å². The number of aryl methyl sites for hydroxylation is 2. The molecule has 0 amide bonds. The average Bonchev–Trinajstić information content (AvgIpc) is 2.87. The second-order valence-corrected chi connectivity index (χ2v) is 4.92. The van der Waals surface area contributed by atoms with Crippen LogP contribution in [0.15, 0.2) is 28.8 Å². The SMILES string of the molecule is CCCNCCc1ncc(-c2ccc(C)c(C)c2)o1. The third-order valence-corrected chi connectivity index (χ3v) is 3.29. The Morgan fingerprint density at radius 3 is 2.74 bits per heavy atom. The fraction of sp³-hybridized carbons (Fsp3) is 0.438. The predicted octanol–water partition coefficient (Wildman–Crippen LogP) is 3.50. The topological polar surface area (TPSA) is 38.1 Å². The van der Waals surface area contributed by atoms with Crippen LogP contribution in [0.3, 0.4) is 0 Å². The van der Waals surface area contributed by atoms with Gasteiger partial charge in [-0.25, -0.2) is 4.98 Å². The number of aromatic nitrogens is 1. The van der Waals surface area contributed by atoms with Crippen molar-refractivity contribution in [1.29, 1.82) is 0 Å². The summed E-state index contributed by atoms with van der Waals surface area (Å²) < 4.78 is 5.79. The first-order valence-electron chi connectivity index (χ1n) is 6.93. The number of nitrogens with zero attached hydrogens (tertiary/aromatic N) is 1. The number of hydrogen-bond acceptors (Lipinski definition) is 3. The Bertz CT molecular complexity index is 531. The molecule has 0 radical (unpaired) electrons. The van der Waals surface area contributed by atoms with E-state index >= 15 is 0 Å². The van der Waals surface area contributed by atoms with Crippen molar-refractivity contribution < 1.29 is 4.42 Å². The lowest BCUT2D eigenvalue weighted by atomic mass is 10.1. The summed E-state index contributed by atoms with van der Waals surface area (Å²) in [5.41, 5.74) is 3.68. The van der Waals surface area contributed by atoms with Gasteiger partial charge in [-0.1, -0.05) is 19.1 Å². The van der Waals surface area contributed by atoms with Gasteiger partial charge in [-0.15, -0.1) is 0 Å². The lowest BCUT2D eigenvalue weighted by Gasteiger charge is -2.02. The maximum Gasteiger partial charge on any atom is 0.196 e. The minimum absolute atomic E-state index is 0.803. The standard InChI is InChI=1S/C16H22N2O/c1-4-8-17-9-7-16-18-11-15(19-16)14-6-5-12(2)13(3)10-14/h5-6,10-11,17H,4,7-9H2,1-3H3. The lowest BCUT2D eigenvalue weighted by Crippen LogP contribution is -2.17. The van der Waals surface area contributed by atoms with Gasteiger partial charge in [0.1, 0.15) is 0 Å². The van der Waals surface area contributed by atoms with Crippen LogP contribution >= 0.6 is 0 Å². The number of rotatable bonds is 6. The Balaban J connectivity index is 2.01. The van der Waals surface area contributed by atoms with Crippen LogP contribution in [0.25, 0.3) is 11.3 Å². The summed E-state index contributed by atoms with van der Waals surface area (Å²) in [5.74, 6) is 1.66. The minimum atomic E-state index is 0.803. The van der Waals surface area contributed by atoms with Crippen molar-refractivity contribution in [3.8, 4) is 11.3 Å². The van der Waals surface area contributed by atoms with Crippen LogP contribution in [0.5, 0.6) is 0 Å². The maximum absolute atomic E-state index is 5.79. The minimum Gasteiger partial charge on any atom is -0.441 e. The molecule has 0 atom stereocenters. The third-order valence-electron chi connectivity index (χ3n) is 3.29.